The zero-order valence-corrected chi connectivity index (χ0v) is 13.9. The van der Waals surface area contributed by atoms with Gasteiger partial charge in [0.05, 0.1) is 6.04 Å². The van der Waals surface area contributed by atoms with Crippen LogP contribution in [0.25, 0.3) is 0 Å². The Morgan fingerprint density at radius 1 is 1.10 bits per heavy atom. The SMILES string of the molecule is CCNC(c1ccc(CC)cc1)c1cc2c(s1)CCCC2. The highest BCUT2D eigenvalue weighted by atomic mass is 32.1. The van der Waals surface area contributed by atoms with E-state index >= 15 is 0 Å². The lowest BCUT2D eigenvalue weighted by atomic mass is 9.97. The fourth-order valence-corrected chi connectivity index (χ4v) is 4.55. The van der Waals surface area contributed by atoms with Gasteiger partial charge in [-0.15, -0.1) is 11.3 Å². The normalized spacial score (nSPS) is 15.7. The minimum absolute atomic E-state index is 0.358. The van der Waals surface area contributed by atoms with Gasteiger partial charge >= 0.3 is 0 Å². The molecule has 0 bridgehead atoms. The summed E-state index contributed by atoms with van der Waals surface area (Å²) < 4.78 is 0. The van der Waals surface area contributed by atoms with Gasteiger partial charge < -0.3 is 5.32 Å². The molecule has 1 aromatic carbocycles. The third-order valence-corrected chi connectivity index (χ3v) is 5.73. The van der Waals surface area contributed by atoms with E-state index in [1.807, 2.05) is 11.3 Å². The Labute approximate surface area is 132 Å². The van der Waals surface area contributed by atoms with E-state index in [9.17, 15) is 0 Å². The van der Waals surface area contributed by atoms with E-state index < -0.39 is 0 Å². The molecule has 0 amide bonds. The third kappa shape index (κ3) is 3.22. The molecule has 0 spiro atoms. The number of fused-ring (bicyclic) bond motifs is 1. The maximum Gasteiger partial charge on any atom is 0.0671 e. The largest absolute Gasteiger partial charge is 0.306 e. The average Bonchev–Trinajstić information content (AvgIpc) is 2.96. The maximum atomic E-state index is 3.67. The number of benzene rings is 1. The second kappa shape index (κ2) is 6.76. The van der Waals surface area contributed by atoms with E-state index in [0.717, 1.165) is 13.0 Å². The lowest BCUT2D eigenvalue weighted by molar-refractivity contribution is 0.638. The molecule has 0 saturated carbocycles. The summed E-state index contributed by atoms with van der Waals surface area (Å²) in [6.07, 6.45) is 6.40. The summed E-state index contributed by atoms with van der Waals surface area (Å²) in [6.45, 7) is 5.41. The Bertz CT molecular complexity index is 559. The second-order valence-electron chi connectivity index (χ2n) is 5.89. The van der Waals surface area contributed by atoms with E-state index in [2.05, 4.69) is 49.5 Å². The van der Waals surface area contributed by atoms with Crippen LogP contribution in [0.2, 0.25) is 0 Å². The summed E-state index contributed by atoms with van der Waals surface area (Å²) in [7, 11) is 0. The summed E-state index contributed by atoms with van der Waals surface area (Å²) in [6, 6.07) is 12.0. The van der Waals surface area contributed by atoms with E-state index in [1.54, 1.807) is 10.4 Å². The van der Waals surface area contributed by atoms with Crippen LogP contribution in [0.5, 0.6) is 0 Å². The number of thiophene rings is 1. The molecule has 0 radical (unpaired) electrons. The number of hydrogen-bond donors (Lipinski definition) is 1. The van der Waals surface area contributed by atoms with Gasteiger partial charge in [-0.25, -0.2) is 0 Å². The van der Waals surface area contributed by atoms with Gasteiger partial charge in [-0.3, -0.25) is 0 Å². The quantitative estimate of drug-likeness (QED) is 0.829. The summed E-state index contributed by atoms with van der Waals surface area (Å²) in [5, 5.41) is 3.67. The van der Waals surface area contributed by atoms with Gasteiger partial charge in [-0.1, -0.05) is 38.1 Å². The van der Waals surface area contributed by atoms with Gasteiger partial charge in [-0.05, 0) is 61.4 Å². The first-order valence-electron chi connectivity index (χ1n) is 8.25. The lowest BCUT2D eigenvalue weighted by Crippen LogP contribution is -2.21. The minimum atomic E-state index is 0.358. The van der Waals surface area contributed by atoms with Gasteiger partial charge in [0.2, 0.25) is 0 Å². The molecule has 1 heterocycles. The molecule has 21 heavy (non-hydrogen) atoms. The standard InChI is InChI=1S/C19H25NS/c1-3-14-9-11-15(12-10-14)19(20-4-2)18-13-16-7-5-6-8-17(16)21-18/h9-13,19-20H,3-8H2,1-2H3. The Balaban J connectivity index is 1.90. The van der Waals surface area contributed by atoms with Crippen molar-refractivity contribution in [3.63, 3.8) is 0 Å². The van der Waals surface area contributed by atoms with Gasteiger partial charge in [0.1, 0.15) is 0 Å². The molecule has 1 aromatic heterocycles. The fourth-order valence-electron chi connectivity index (χ4n) is 3.19. The van der Waals surface area contributed by atoms with Crippen LogP contribution in [0, 0.1) is 0 Å². The zero-order valence-electron chi connectivity index (χ0n) is 13.1. The van der Waals surface area contributed by atoms with Gasteiger partial charge in [0.25, 0.3) is 0 Å². The first-order valence-corrected chi connectivity index (χ1v) is 9.07. The number of rotatable bonds is 5. The van der Waals surface area contributed by atoms with Crippen molar-refractivity contribution in [1.82, 2.24) is 5.32 Å². The first-order chi connectivity index (χ1) is 10.3. The van der Waals surface area contributed by atoms with Gasteiger partial charge in [0, 0.05) is 9.75 Å². The molecule has 0 aliphatic heterocycles. The van der Waals surface area contributed by atoms with Gasteiger partial charge in [-0.2, -0.15) is 0 Å². The smallest absolute Gasteiger partial charge is 0.0671 e. The second-order valence-corrected chi connectivity index (χ2v) is 7.06. The predicted molar refractivity (Wildman–Crippen MR) is 92.3 cm³/mol. The summed E-state index contributed by atoms with van der Waals surface area (Å²) in [4.78, 5) is 3.12. The van der Waals surface area contributed by atoms with E-state index in [1.165, 1.54) is 41.7 Å². The van der Waals surface area contributed by atoms with Crippen molar-refractivity contribution in [3.8, 4) is 0 Å². The van der Waals surface area contributed by atoms with Crippen LogP contribution in [0.4, 0.5) is 0 Å². The number of aryl methyl sites for hydroxylation is 3. The monoisotopic (exact) mass is 299 g/mol. The first kappa shape index (κ1) is 14.8. The van der Waals surface area contributed by atoms with Crippen LogP contribution in [-0.2, 0) is 19.3 Å². The molecule has 1 nitrogen and oxygen atoms in total. The van der Waals surface area contributed by atoms with Crippen LogP contribution >= 0.6 is 11.3 Å². The molecule has 2 aromatic rings. The number of hydrogen-bond acceptors (Lipinski definition) is 2. The van der Waals surface area contributed by atoms with E-state index in [-0.39, 0.29) is 0 Å². The van der Waals surface area contributed by atoms with Gasteiger partial charge in [0.15, 0.2) is 0 Å². The highest BCUT2D eigenvalue weighted by molar-refractivity contribution is 7.12. The minimum Gasteiger partial charge on any atom is -0.306 e. The van der Waals surface area contributed by atoms with Crippen molar-refractivity contribution in [3.05, 3.63) is 56.8 Å². The van der Waals surface area contributed by atoms with Crippen LogP contribution < -0.4 is 5.32 Å². The Morgan fingerprint density at radius 3 is 2.52 bits per heavy atom. The van der Waals surface area contributed by atoms with Crippen LogP contribution in [0.15, 0.2) is 30.3 Å². The lowest BCUT2D eigenvalue weighted by Gasteiger charge is -2.17. The van der Waals surface area contributed by atoms with Crippen LogP contribution in [0.3, 0.4) is 0 Å². The Morgan fingerprint density at radius 2 is 1.86 bits per heavy atom. The predicted octanol–water partition coefficient (Wildman–Crippen LogP) is 4.89. The van der Waals surface area contributed by atoms with Crippen molar-refractivity contribution in [1.29, 1.82) is 0 Å². The summed E-state index contributed by atoms with van der Waals surface area (Å²) in [5.74, 6) is 0. The molecule has 0 fully saturated rings. The van der Waals surface area contributed by atoms with Crippen molar-refractivity contribution >= 4 is 11.3 Å². The molecule has 3 rings (SSSR count). The van der Waals surface area contributed by atoms with Crippen molar-refractivity contribution in [2.24, 2.45) is 0 Å². The van der Waals surface area contributed by atoms with E-state index in [0.29, 0.717) is 6.04 Å². The van der Waals surface area contributed by atoms with Crippen LogP contribution in [0.1, 0.15) is 59.2 Å². The highest BCUT2D eigenvalue weighted by Crippen LogP contribution is 2.35. The molecule has 2 heteroatoms. The molecular formula is C19H25NS. The van der Waals surface area contributed by atoms with Crippen molar-refractivity contribution in [2.45, 2.75) is 52.0 Å². The summed E-state index contributed by atoms with van der Waals surface area (Å²) >= 11 is 2.03. The maximum absolute atomic E-state index is 3.67. The fraction of sp³-hybridized carbons (Fsp3) is 0.474. The zero-order chi connectivity index (χ0) is 14.7. The molecule has 1 unspecified atom stereocenters. The van der Waals surface area contributed by atoms with Crippen molar-refractivity contribution in [2.75, 3.05) is 6.54 Å². The molecule has 112 valence electrons. The number of nitrogens with one attached hydrogen (secondary N) is 1. The molecule has 1 aliphatic rings. The highest BCUT2D eigenvalue weighted by Gasteiger charge is 2.19. The Hall–Kier alpha value is -1.12. The Kier molecular flexibility index (Phi) is 4.77. The summed E-state index contributed by atoms with van der Waals surface area (Å²) in [5.41, 5.74) is 4.42. The molecular weight excluding hydrogens is 274 g/mol. The van der Waals surface area contributed by atoms with Crippen LogP contribution in [-0.4, -0.2) is 6.54 Å². The third-order valence-electron chi connectivity index (χ3n) is 4.43. The molecule has 1 N–H and O–H groups in total. The average molecular weight is 299 g/mol. The topological polar surface area (TPSA) is 12.0 Å². The molecule has 1 atom stereocenters. The van der Waals surface area contributed by atoms with Crippen molar-refractivity contribution < 1.29 is 0 Å². The van der Waals surface area contributed by atoms with E-state index in [4.69, 9.17) is 0 Å². The molecule has 1 aliphatic carbocycles. The molecule has 0 saturated heterocycles.